The van der Waals surface area contributed by atoms with Crippen molar-refractivity contribution >= 4 is 56.4 Å². The highest BCUT2D eigenvalue weighted by atomic mass is 32.2. The molecule has 0 aliphatic carbocycles. The molecule has 8 nitrogen and oxygen atoms in total. The number of carbonyl (C=O) groups excluding carboxylic acids is 2. The lowest BCUT2D eigenvalue weighted by Gasteiger charge is -2.25. The molecule has 0 aromatic carbocycles. The van der Waals surface area contributed by atoms with Crippen LogP contribution in [0, 0.1) is 0 Å². The van der Waals surface area contributed by atoms with Crippen LogP contribution in [0.1, 0.15) is 10.4 Å². The molecule has 1 fully saturated rings. The Hall–Kier alpha value is -1.69. The van der Waals surface area contributed by atoms with Gasteiger partial charge in [0.15, 0.2) is 4.34 Å². The molecular formula is C13H15N5O3S3. The van der Waals surface area contributed by atoms with Gasteiger partial charge < -0.3 is 20.7 Å². The minimum Gasteiger partial charge on any atom is -0.378 e. The van der Waals surface area contributed by atoms with Crippen molar-refractivity contribution in [1.29, 1.82) is 0 Å². The zero-order valence-corrected chi connectivity index (χ0v) is 15.0. The highest BCUT2D eigenvalue weighted by molar-refractivity contribution is 8.01. The number of rotatable bonds is 6. The monoisotopic (exact) mass is 385 g/mol. The number of hydrogen-bond donors (Lipinski definition) is 2. The van der Waals surface area contributed by atoms with Gasteiger partial charge in [0.25, 0.3) is 5.91 Å². The van der Waals surface area contributed by atoms with Crippen LogP contribution in [-0.4, -0.2) is 54.1 Å². The van der Waals surface area contributed by atoms with E-state index >= 15 is 0 Å². The van der Waals surface area contributed by atoms with Crippen LogP contribution in [0.5, 0.6) is 0 Å². The fourth-order valence-electron chi connectivity index (χ4n) is 2.03. The van der Waals surface area contributed by atoms with Crippen LogP contribution in [-0.2, 0) is 9.53 Å². The second kappa shape index (κ2) is 7.92. The first-order valence-corrected chi connectivity index (χ1v) is 9.78. The number of ether oxygens (including phenoxy) is 1. The predicted octanol–water partition coefficient (Wildman–Crippen LogP) is 1.27. The van der Waals surface area contributed by atoms with Gasteiger partial charge >= 0.3 is 0 Å². The molecule has 24 heavy (non-hydrogen) atoms. The van der Waals surface area contributed by atoms with Crippen molar-refractivity contribution in [2.75, 3.05) is 42.3 Å². The van der Waals surface area contributed by atoms with Crippen molar-refractivity contribution in [2.45, 2.75) is 4.34 Å². The van der Waals surface area contributed by atoms with E-state index in [1.807, 2.05) is 0 Å². The van der Waals surface area contributed by atoms with E-state index in [0.717, 1.165) is 22.6 Å². The van der Waals surface area contributed by atoms with E-state index in [9.17, 15) is 9.59 Å². The average Bonchev–Trinajstić information content (AvgIpc) is 3.23. The summed E-state index contributed by atoms with van der Waals surface area (Å²) in [4.78, 5) is 25.4. The normalized spacial score (nSPS) is 14.6. The summed E-state index contributed by atoms with van der Waals surface area (Å²) in [5.41, 5.74) is 5.58. The molecule has 1 aliphatic rings. The van der Waals surface area contributed by atoms with E-state index < -0.39 is 5.91 Å². The Labute approximate surface area is 150 Å². The first kappa shape index (κ1) is 17.1. The van der Waals surface area contributed by atoms with E-state index in [4.69, 9.17) is 10.5 Å². The fraction of sp³-hybridized carbons (Fsp3) is 0.385. The number of nitrogens with one attached hydrogen (secondary N) is 1. The minimum atomic E-state index is -0.557. The Kier molecular flexibility index (Phi) is 5.66. The van der Waals surface area contributed by atoms with Gasteiger partial charge in [-0.25, -0.2) is 0 Å². The highest BCUT2D eigenvalue weighted by Crippen LogP contribution is 2.29. The van der Waals surface area contributed by atoms with Gasteiger partial charge in [-0.3, -0.25) is 9.59 Å². The number of hydrogen-bond acceptors (Lipinski definition) is 9. The van der Waals surface area contributed by atoms with Gasteiger partial charge in [0.1, 0.15) is 5.00 Å². The van der Waals surface area contributed by atoms with Gasteiger partial charge in [0.05, 0.1) is 24.5 Å². The molecule has 0 spiro atoms. The molecule has 0 atom stereocenters. The Balaban J connectivity index is 1.52. The molecule has 0 unspecified atom stereocenters. The van der Waals surface area contributed by atoms with Crippen LogP contribution < -0.4 is 16.0 Å². The van der Waals surface area contributed by atoms with Crippen molar-refractivity contribution in [3.63, 3.8) is 0 Å². The van der Waals surface area contributed by atoms with E-state index in [2.05, 4.69) is 20.4 Å². The molecule has 1 saturated heterocycles. The second-order valence-corrected chi connectivity index (χ2v) is 7.91. The molecule has 128 valence electrons. The van der Waals surface area contributed by atoms with Gasteiger partial charge in [0, 0.05) is 13.1 Å². The van der Waals surface area contributed by atoms with Gasteiger partial charge in [-0.05, 0) is 11.4 Å². The average molecular weight is 385 g/mol. The lowest BCUT2D eigenvalue weighted by molar-refractivity contribution is -0.113. The van der Waals surface area contributed by atoms with Crippen molar-refractivity contribution in [1.82, 2.24) is 10.2 Å². The van der Waals surface area contributed by atoms with Crippen molar-refractivity contribution in [3.05, 3.63) is 17.0 Å². The smallest absolute Gasteiger partial charge is 0.251 e. The third kappa shape index (κ3) is 4.23. The van der Waals surface area contributed by atoms with E-state index in [1.54, 1.807) is 11.4 Å². The maximum absolute atomic E-state index is 12.0. The summed E-state index contributed by atoms with van der Waals surface area (Å²) in [7, 11) is 0. The first-order valence-electron chi connectivity index (χ1n) is 7.09. The van der Waals surface area contributed by atoms with Gasteiger partial charge in [-0.2, -0.15) is 0 Å². The molecule has 11 heteroatoms. The van der Waals surface area contributed by atoms with Crippen LogP contribution in [0.2, 0.25) is 0 Å². The maximum Gasteiger partial charge on any atom is 0.251 e. The molecule has 3 N–H and O–H groups in total. The summed E-state index contributed by atoms with van der Waals surface area (Å²) in [6, 6.07) is 1.59. The van der Waals surface area contributed by atoms with E-state index in [-0.39, 0.29) is 11.7 Å². The molecule has 0 bridgehead atoms. The number of carbonyl (C=O) groups is 2. The molecule has 3 heterocycles. The molecule has 0 saturated carbocycles. The number of morpholine rings is 1. The first-order chi connectivity index (χ1) is 11.6. The molecule has 2 amide bonds. The second-order valence-electron chi connectivity index (χ2n) is 4.81. The van der Waals surface area contributed by atoms with Crippen molar-refractivity contribution in [2.24, 2.45) is 5.73 Å². The SMILES string of the molecule is NC(=O)c1ccsc1NC(=O)CSc1nnc(N2CCOCC2)s1. The number of anilines is 2. The summed E-state index contributed by atoms with van der Waals surface area (Å²) in [5.74, 6) is -0.583. The van der Waals surface area contributed by atoms with Crippen molar-refractivity contribution in [3.8, 4) is 0 Å². The Bertz CT molecular complexity index is 726. The topological polar surface area (TPSA) is 110 Å². The molecule has 0 radical (unpaired) electrons. The van der Waals surface area contributed by atoms with Gasteiger partial charge in [0.2, 0.25) is 11.0 Å². The minimum absolute atomic E-state index is 0.188. The third-order valence-electron chi connectivity index (χ3n) is 3.19. The summed E-state index contributed by atoms with van der Waals surface area (Å²) >= 11 is 4.03. The molecule has 2 aromatic rings. The quantitative estimate of drug-likeness (QED) is 0.720. The number of nitrogens with two attached hydrogens (primary N) is 1. The Morgan fingerprint density at radius 1 is 1.38 bits per heavy atom. The fourth-order valence-corrected chi connectivity index (χ4v) is 4.53. The zero-order valence-electron chi connectivity index (χ0n) is 12.6. The van der Waals surface area contributed by atoms with E-state index in [0.29, 0.717) is 23.8 Å². The number of amides is 2. The largest absolute Gasteiger partial charge is 0.378 e. The highest BCUT2D eigenvalue weighted by Gasteiger charge is 2.17. The Morgan fingerprint density at radius 3 is 2.92 bits per heavy atom. The molecule has 1 aliphatic heterocycles. The van der Waals surface area contributed by atoms with Crippen LogP contribution in [0.4, 0.5) is 10.1 Å². The van der Waals surface area contributed by atoms with Crippen molar-refractivity contribution < 1.29 is 14.3 Å². The van der Waals surface area contributed by atoms with Gasteiger partial charge in [-0.1, -0.05) is 23.1 Å². The summed E-state index contributed by atoms with van der Waals surface area (Å²) in [6.45, 7) is 2.98. The third-order valence-corrected chi connectivity index (χ3v) is 6.13. The van der Waals surface area contributed by atoms with Crippen LogP contribution in [0.15, 0.2) is 15.8 Å². The summed E-state index contributed by atoms with van der Waals surface area (Å²) in [5, 5.41) is 14.0. The van der Waals surface area contributed by atoms with Crippen LogP contribution in [0.3, 0.4) is 0 Å². The van der Waals surface area contributed by atoms with Crippen LogP contribution in [0.25, 0.3) is 0 Å². The summed E-state index contributed by atoms with van der Waals surface area (Å²) in [6.07, 6.45) is 0. The van der Waals surface area contributed by atoms with Crippen LogP contribution >= 0.6 is 34.4 Å². The van der Waals surface area contributed by atoms with Gasteiger partial charge in [-0.15, -0.1) is 21.5 Å². The number of nitrogens with zero attached hydrogens (tertiary/aromatic N) is 3. The molecule has 2 aromatic heterocycles. The number of thiophene rings is 1. The number of aromatic nitrogens is 2. The standard InChI is InChI=1S/C13H15N5O3S3/c14-10(20)8-1-6-22-11(8)15-9(19)7-23-13-17-16-12(24-13)18-2-4-21-5-3-18/h1,6H,2-5,7H2,(H2,14,20)(H,15,19). The van der Waals surface area contributed by atoms with E-state index in [1.165, 1.54) is 34.4 Å². The molecule has 3 rings (SSSR count). The number of primary amides is 1. The maximum atomic E-state index is 12.0. The molecular weight excluding hydrogens is 370 g/mol. The number of thioether (sulfide) groups is 1. The lowest BCUT2D eigenvalue weighted by atomic mass is 10.3. The zero-order chi connectivity index (χ0) is 16.9. The predicted molar refractivity (Wildman–Crippen MR) is 95.1 cm³/mol. The Morgan fingerprint density at radius 2 is 2.17 bits per heavy atom. The summed E-state index contributed by atoms with van der Waals surface area (Å²) < 4.78 is 6.04. The lowest BCUT2D eigenvalue weighted by Crippen LogP contribution is -2.36.